The number of halogens is 1. The van der Waals surface area contributed by atoms with Crippen LogP contribution in [-0.4, -0.2) is 13.4 Å². The van der Waals surface area contributed by atoms with Crippen LogP contribution in [-0.2, 0) is 9.84 Å². The molecular weight excluding hydrogens is 354 g/mol. The van der Waals surface area contributed by atoms with Crippen molar-refractivity contribution in [2.24, 2.45) is 0 Å². The van der Waals surface area contributed by atoms with Gasteiger partial charge in [-0.3, -0.25) is 0 Å². The molecule has 3 nitrogen and oxygen atoms in total. The number of rotatable bonds is 3. The van der Waals surface area contributed by atoms with Crippen LogP contribution in [0, 0.1) is 0 Å². The molecule has 0 fully saturated rings. The maximum atomic E-state index is 13.4. The molecule has 4 aromatic rings. The average molecular weight is 368 g/mol. The number of aromatic nitrogens is 1. The second kappa shape index (κ2) is 6.06. The Kier molecular flexibility index (Phi) is 3.86. The number of nitrogens with one attached hydrogen (secondary N) is 1. The first-order valence-corrected chi connectivity index (χ1v) is 9.60. The first-order valence-electron chi connectivity index (χ1n) is 7.74. The van der Waals surface area contributed by atoms with Crippen LogP contribution in [0.3, 0.4) is 0 Å². The Morgan fingerprint density at radius 1 is 0.800 bits per heavy atom. The van der Waals surface area contributed by atoms with Crippen LogP contribution >= 0.6 is 11.6 Å². The van der Waals surface area contributed by atoms with Gasteiger partial charge < -0.3 is 4.98 Å². The zero-order valence-corrected chi connectivity index (χ0v) is 14.7. The normalized spacial score (nSPS) is 11.7. The van der Waals surface area contributed by atoms with Crippen LogP contribution in [0.15, 0.2) is 88.7 Å². The molecule has 0 spiro atoms. The zero-order valence-electron chi connectivity index (χ0n) is 13.1. The third-order valence-electron chi connectivity index (χ3n) is 4.10. The highest BCUT2D eigenvalue weighted by atomic mass is 35.5. The van der Waals surface area contributed by atoms with Crippen LogP contribution in [0.25, 0.3) is 22.2 Å². The van der Waals surface area contributed by atoms with Crippen LogP contribution in [0.1, 0.15) is 0 Å². The van der Waals surface area contributed by atoms with Gasteiger partial charge in [0.05, 0.1) is 10.6 Å². The van der Waals surface area contributed by atoms with Crippen molar-refractivity contribution >= 4 is 32.3 Å². The Morgan fingerprint density at radius 2 is 1.44 bits per heavy atom. The lowest BCUT2D eigenvalue weighted by Crippen LogP contribution is -2.03. The van der Waals surface area contributed by atoms with E-state index in [0.717, 1.165) is 11.1 Å². The van der Waals surface area contributed by atoms with Crippen LogP contribution in [0.4, 0.5) is 0 Å². The van der Waals surface area contributed by atoms with E-state index in [4.69, 9.17) is 11.6 Å². The fraction of sp³-hybridized carbons (Fsp3) is 0. The summed E-state index contributed by atoms with van der Waals surface area (Å²) in [7, 11) is -3.71. The maximum absolute atomic E-state index is 13.4. The molecule has 1 N–H and O–H groups in total. The summed E-state index contributed by atoms with van der Waals surface area (Å²) in [4.78, 5) is 3.76. The summed E-state index contributed by atoms with van der Waals surface area (Å²) in [5, 5.41) is 1.09. The second-order valence-corrected chi connectivity index (χ2v) is 8.02. The highest BCUT2D eigenvalue weighted by Crippen LogP contribution is 2.38. The molecule has 4 rings (SSSR count). The van der Waals surface area contributed by atoms with Gasteiger partial charge in [0.25, 0.3) is 0 Å². The van der Waals surface area contributed by atoms with E-state index >= 15 is 0 Å². The highest BCUT2D eigenvalue weighted by molar-refractivity contribution is 7.91. The molecule has 0 aliphatic rings. The molecule has 0 aliphatic heterocycles. The third kappa shape index (κ3) is 2.73. The molecule has 0 saturated heterocycles. The van der Waals surface area contributed by atoms with E-state index in [1.54, 1.807) is 48.5 Å². The van der Waals surface area contributed by atoms with Crippen molar-refractivity contribution in [2.45, 2.75) is 9.79 Å². The number of fused-ring (bicyclic) bond motifs is 1. The van der Waals surface area contributed by atoms with Crippen molar-refractivity contribution in [1.82, 2.24) is 4.98 Å². The average Bonchev–Trinajstić information content (AvgIpc) is 3.02. The number of aromatic amines is 1. The van der Waals surface area contributed by atoms with E-state index < -0.39 is 9.84 Å². The molecule has 25 heavy (non-hydrogen) atoms. The van der Waals surface area contributed by atoms with E-state index in [0.29, 0.717) is 16.1 Å². The molecular formula is C20H14ClNO2S. The molecule has 0 atom stereocenters. The smallest absolute Gasteiger partial charge is 0.209 e. The number of hydrogen-bond acceptors (Lipinski definition) is 2. The summed E-state index contributed by atoms with van der Waals surface area (Å²) in [6.45, 7) is 0. The van der Waals surface area contributed by atoms with Gasteiger partial charge in [-0.2, -0.15) is 0 Å². The van der Waals surface area contributed by atoms with Crippen molar-refractivity contribution in [3.05, 3.63) is 83.9 Å². The minimum atomic E-state index is -3.71. The third-order valence-corrected chi connectivity index (χ3v) is 6.19. The van der Waals surface area contributed by atoms with Crippen LogP contribution in [0.5, 0.6) is 0 Å². The van der Waals surface area contributed by atoms with E-state index in [2.05, 4.69) is 4.98 Å². The lowest BCUT2D eigenvalue weighted by molar-refractivity contribution is 0.597. The van der Waals surface area contributed by atoms with E-state index in [1.807, 2.05) is 30.3 Å². The summed E-state index contributed by atoms with van der Waals surface area (Å²) < 4.78 is 26.7. The van der Waals surface area contributed by atoms with Crippen LogP contribution < -0.4 is 0 Å². The minimum Gasteiger partial charge on any atom is -0.353 e. The molecule has 0 radical (unpaired) electrons. The van der Waals surface area contributed by atoms with Gasteiger partial charge in [-0.05, 0) is 35.9 Å². The van der Waals surface area contributed by atoms with Gasteiger partial charge in [-0.1, -0.05) is 60.1 Å². The van der Waals surface area contributed by atoms with Crippen molar-refractivity contribution in [3.63, 3.8) is 0 Å². The minimum absolute atomic E-state index is 0.252. The Morgan fingerprint density at radius 3 is 2.12 bits per heavy atom. The molecule has 1 heterocycles. The fourth-order valence-electron chi connectivity index (χ4n) is 2.94. The second-order valence-electron chi connectivity index (χ2n) is 5.70. The van der Waals surface area contributed by atoms with E-state index in [9.17, 15) is 8.42 Å². The molecule has 0 amide bonds. The first-order chi connectivity index (χ1) is 12.1. The van der Waals surface area contributed by atoms with Crippen molar-refractivity contribution < 1.29 is 8.42 Å². The highest BCUT2D eigenvalue weighted by Gasteiger charge is 2.27. The van der Waals surface area contributed by atoms with E-state index in [1.165, 1.54) is 0 Å². The van der Waals surface area contributed by atoms with Gasteiger partial charge in [-0.25, -0.2) is 8.42 Å². The van der Waals surface area contributed by atoms with Crippen molar-refractivity contribution in [3.8, 4) is 11.3 Å². The molecule has 124 valence electrons. The molecule has 1 aromatic heterocycles. The number of hydrogen-bond donors (Lipinski definition) is 1. The van der Waals surface area contributed by atoms with Gasteiger partial charge in [0.1, 0.15) is 4.90 Å². The van der Waals surface area contributed by atoms with Gasteiger partial charge in [-0.15, -0.1) is 0 Å². The molecule has 0 saturated carbocycles. The summed E-state index contributed by atoms with van der Waals surface area (Å²) >= 11 is 6.13. The van der Waals surface area contributed by atoms with Crippen molar-refractivity contribution in [1.29, 1.82) is 0 Å². The molecule has 3 aromatic carbocycles. The maximum Gasteiger partial charge on any atom is 0.209 e. The first kappa shape index (κ1) is 15.9. The molecule has 0 bridgehead atoms. The Hall–Kier alpha value is -2.56. The lowest BCUT2D eigenvalue weighted by Gasteiger charge is -2.07. The van der Waals surface area contributed by atoms with Gasteiger partial charge in [0.15, 0.2) is 0 Å². The number of H-pyrrole nitrogens is 1. The molecule has 0 aliphatic carbocycles. The Bertz CT molecular complexity index is 1150. The van der Waals surface area contributed by atoms with Gasteiger partial charge in [0.2, 0.25) is 9.84 Å². The van der Waals surface area contributed by atoms with Crippen LogP contribution in [0.2, 0.25) is 5.02 Å². The Labute approximate surface area is 150 Å². The van der Waals surface area contributed by atoms with Gasteiger partial charge in [0, 0.05) is 15.9 Å². The standard InChI is InChI=1S/C20H14ClNO2S/c21-15-11-12-18-17(13-15)20(19(22-18)14-7-3-1-4-8-14)25(23,24)16-9-5-2-6-10-16/h1-13,22H. The predicted octanol–water partition coefficient (Wildman–Crippen LogP) is 5.32. The van der Waals surface area contributed by atoms with E-state index in [-0.39, 0.29) is 9.79 Å². The molecule has 5 heteroatoms. The summed E-state index contributed by atoms with van der Waals surface area (Å²) in [6, 6.07) is 23.1. The molecule has 0 unspecified atom stereocenters. The summed E-state index contributed by atoms with van der Waals surface area (Å²) in [5.74, 6) is 0. The SMILES string of the molecule is O=S(=O)(c1ccccc1)c1c(-c2ccccc2)[nH]c2ccc(Cl)cc12. The summed E-state index contributed by atoms with van der Waals surface area (Å²) in [5.41, 5.74) is 2.11. The van der Waals surface area contributed by atoms with Gasteiger partial charge >= 0.3 is 0 Å². The quantitative estimate of drug-likeness (QED) is 0.532. The Balaban J connectivity index is 2.10. The topological polar surface area (TPSA) is 49.9 Å². The lowest BCUT2D eigenvalue weighted by atomic mass is 10.1. The number of benzene rings is 3. The largest absolute Gasteiger partial charge is 0.353 e. The van der Waals surface area contributed by atoms with Crippen molar-refractivity contribution in [2.75, 3.05) is 0 Å². The fourth-order valence-corrected chi connectivity index (χ4v) is 4.76. The zero-order chi connectivity index (χ0) is 17.4. The monoisotopic (exact) mass is 367 g/mol. The number of sulfone groups is 1. The predicted molar refractivity (Wildman–Crippen MR) is 101 cm³/mol. The summed E-state index contributed by atoms with van der Waals surface area (Å²) in [6.07, 6.45) is 0.